The Hall–Kier alpha value is -2.33. The molecule has 2 aromatic rings. The molecular weight excluding hydrogens is 312 g/mol. The zero-order valence-corrected chi connectivity index (χ0v) is 14.8. The summed E-state index contributed by atoms with van der Waals surface area (Å²) in [6.07, 6.45) is 4.90. The molecule has 0 aliphatic carbocycles. The van der Waals surface area contributed by atoms with Crippen LogP contribution in [0.15, 0.2) is 54.6 Å². The van der Waals surface area contributed by atoms with Gasteiger partial charge in [-0.05, 0) is 37.8 Å². The van der Waals surface area contributed by atoms with Crippen molar-refractivity contribution in [3.63, 3.8) is 0 Å². The Morgan fingerprint density at radius 1 is 1.00 bits per heavy atom. The maximum absolute atomic E-state index is 13.2. The van der Waals surface area contributed by atoms with E-state index in [1.165, 1.54) is 30.6 Å². The van der Waals surface area contributed by atoms with Gasteiger partial charge in [0.1, 0.15) is 5.75 Å². The van der Waals surface area contributed by atoms with E-state index in [9.17, 15) is 4.79 Å². The standard InChI is InChI=1S/C21H26N2O2/c1-25-19-13-9-12-18(16-19)22-21(24)20(17-10-5-4-6-11-17)23-14-7-2-3-8-15-23/h4-6,9-13,16,20H,2-3,7-8,14-15H2,1H3,(H,22,24)/p+1/t20-/m1/s1. The van der Waals surface area contributed by atoms with Gasteiger partial charge in [0.15, 0.2) is 6.04 Å². The van der Waals surface area contributed by atoms with Crippen LogP contribution in [-0.4, -0.2) is 26.1 Å². The third-order valence-electron chi connectivity index (χ3n) is 4.89. The first-order valence-corrected chi connectivity index (χ1v) is 9.12. The van der Waals surface area contributed by atoms with Crippen LogP contribution >= 0.6 is 0 Å². The smallest absolute Gasteiger partial charge is 0.287 e. The maximum atomic E-state index is 13.2. The van der Waals surface area contributed by atoms with Crippen LogP contribution in [0.4, 0.5) is 5.69 Å². The molecule has 1 heterocycles. The Bertz CT molecular complexity index is 679. The highest BCUT2D eigenvalue weighted by atomic mass is 16.5. The molecule has 0 unspecified atom stereocenters. The van der Waals surface area contributed by atoms with Gasteiger partial charge in [0.2, 0.25) is 0 Å². The summed E-state index contributed by atoms with van der Waals surface area (Å²) in [6.45, 7) is 2.09. The van der Waals surface area contributed by atoms with Gasteiger partial charge in [0.05, 0.1) is 20.2 Å². The molecule has 2 N–H and O–H groups in total. The molecule has 0 saturated carbocycles. The predicted octanol–water partition coefficient (Wildman–Crippen LogP) is 2.83. The molecule has 132 valence electrons. The maximum Gasteiger partial charge on any atom is 0.287 e. The number of methoxy groups -OCH3 is 1. The molecule has 4 nitrogen and oxygen atoms in total. The third-order valence-corrected chi connectivity index (χ3v) is 4.89. The summed E-state index contributed by atoms with van der Waals surface area (Å²) in [5.41, 5.74) is 1.86. The van der Waals surface area contributed by atoms with Crippen molar-refractivity contribution >= 4 is 11.6 Å². The molecule has 0 radical (unpaired) electrons. The van der Waals surface area contributed by atoms with E-state index in [2.05, 4.69) is 17.4 Å². The second kappa shape index (κ2) is 8.67. The molecular formula is C21H27N2O2+. The van der Waals surface area contributed by atoms with Gasteiger partial charge >= 0.3 is 0 Å². The molecule has 3 rings (SSSR count). The summed E-state index contributed by atoms with van der Waals surface area (Å²) >= 11 is 0. The molecule has 25 heavy (non-hydrogen) atoms. The van der Waals surface area contributed by atoms with E-state index in [-0.39, 0.29) is 11.9 Å². The highest BCUT2D eigenvalue weighted by Crippen LogP contribution is 2.19. The fourth-order valence-electron chi connectivity index (χ4n) is 3.60. The number of nitrogens with one attached hydrogen (secondary N) is 2. The average Bonchev–Trinajstić information content (AvgIpc) is 2.92. The summed E-state index contributed by atoms with van der Waals surface area (Å²) in [6, 6.07) is 17.5. The van der Waals surface area contributed by atoms with Gasteiger partial charge in [-0.15, -0.1) is 0 Å². The summed E-state index contributed by atoms with van der Waals surface area (Å²) in [4.78, 5) is 14.5. The zero-order chi connectivity index (χ0) is 17.5. The number of likely N-dealkylation sites (tertiary alicyclic amines) is 1. The highest BCUT2D eigenvalue weighted by Gasteiger charge is 2.32. The van der Waals surface area contributed by atoms with Gasteiger partial charge in [-0.1, -0.05) is 36.4 Å². The average molecular weight is 339 g/mol. The molecule has 2 aromatic carbocycles. The van der Waals surface area contributed by atoms with Crippen LogP contribution in [0.1, 0.15) is 37.3 Å². The fourth-order valence-corrected chi connectivity index (χ4v) is 3.60. The van der Waals surface area contributed by atoms with Crippen molar-refractivity contribution in [3.8, 4) is 5.75 Å². The minimum atomic E-state index is -0.175. The summed E-state index contributed by atoms with van der Waals surface area (Å²) < 4.78 is 5.26. The molecule has 4 heteroatoms. The molecule has 1 fully saturated rings. The number of carbonyl (C=O) groups is 1. The van der Waals surface area contributed by atoms with Crippen LogP contribution in [0.25, 0.3) is 0 Å². The van der Waals surface area contributed by atoms with Gasteiger partial charge in [-0.3, -0.25) is 4.79 Å². The lowest BCUT2D eigenvalue weighted by molar-refractivity contribution is -0.921. The van der Waals surface area contributed by atoms with Crippen molar-refractivity contribution in [1.29, 1.82) is 0 Å². The number of anilines is 1. The van der Waals surface area contributed by atoms with Crippen molar-refractivity contribution in [2.45, 2.75) is 31.7 Å². The number of ether oxygens (including phenoxy) is 1. The molecule has 1 aliphatic heterocycles. The number of hydrogen-bond acceptors (Lipinski definition) is 2. The van der Waals surface area contributed by atoms with Crippen LogP contribution in [0, 0.1) is 0 Å². The minimum Gasteiger partial charge on any atom is -0.497 e. The summed E-state index contributed by atoms with van der Waals surface area (Å²) in [5, 5.41) is 3.09. The normalized spacial score (nSPS) is 16.7. The predicted molar refractivity (Wildman–Crippen MR) is 100.0 cm³/mol. The van der Waals surface area contributed by atoms with E-state index in [4.69, 9.17) is 4.74 Å². The number of carbonyl (C=O) groups excluding carboxylic acids is 1. The second-order valence-corrected chi connectivity index (χ2v) is 6.64. The monoisotopic (exact) mass is 339 g/mol. The molecule has 0 bridgehead atoms. The van der Waals surface area contributed by atoms with Crippen molar-refractivity contribution in [3.05, 3.63) is 60.2 Å². The van der Waals surface area contributed by atoms with E-state index in [1.54, 1.807) is 7.11 Å². The number of hydrogen-bond donors (Lipinski definition) is 2. The minimum absolute atomic E-state index is 0.0522. The molecule has 1 aliphatic rings. The fraction of sp³-hybridized carbons (Fsp3) is 0.381. The van der Waals surface area contributed by atoms with Crippen molar-refractivity contribution in [1.82, 2.24) is 0 Å². The number of amides is 1. The van der Waals surface area contributed by atoms with Crippen molar-refractivity contribution < 1.29 is 14.4 Å². The molecule has 0 spiro atoms. The first kappa shape index (κ1) is 17.5. The first-order chi connectivity index (χ1) is 12.3. The molecule has 1 amide bonds. The van der Waals surface area contributed by atoms with Crippen LogP contribution in [0.2, 0.25) is 0 Å². The van der Waals surface area contributed by atoms with E-state index in [1.807, 2.05) is 42.5 Å². The summed E-state index contributed by atoms with van der Waals surface area (Å²) in [5.74, 6) is 0.799. The van der Waals surface area contributed by atoms with Crippen LogP contribution in [0.3, 0.4) is 0 Å². The van der Waals surface area contributed by atoms with Crippen molar-refractivity contribution in [2.24, 2.45) is 0 Å². The van der Waals surface area contributed by atoms with E-state index < -0.39 is 0 Å². The topological polar surface area (TPSA) is 42.8 Å². The van der Waals surface area contributed by atoms with Crippen LogP contribution in [0.5, 0.6) is 5.75 Å². The Morgan fingerprint density at radius 2 is 1.72 bits per heavy atom. The first-order valence-electron chi connectivity index (χ1n) is 9.12. The second-order valence-electron chi connectivity index (χ2n) is 6.64. The quantitative estimate of drug-likeness (QED) is 0.880. The van der Waals surface area contributed by atoms with Gasteiger partial charge in [0, 0.05) is 17.3 Å². The lowest BCUT2D eigenvalue weighted by Crippen LogP contribution is -3.13. The highest BCUT2D eigenvalue weighted by molar-refractivity contribution is 5.94. The third kappa shape index (κ3) is 4.60. The Morgan fingerprint density at radius 3 is 2.40 bits per heavy atom. The van der Waals surface area contributed by atoms with Gasteiger partial charge in [-0.2, -0.15) is 0 Å². The molecule has 1 atom stereocenters. The van der Waals surface area contributed by atoms with Crippen LogP contribution < -0.4 is 15.0 Å². The van der Waals surface area contributed by atoms with Crippen LogP contribution in [-0.2, 0) is 4.79 Å². The molecule has 1 saturated heterocycles. The largest absolute Gasteiger partial charge is 0.497 e. The lowest BCUT2D eigenvalue weighted by Gasteiger charge is -2.27. The van der Waals surface area contributed by atoms with Gasteiger partial charge in [0.25, 0.3) is 5.91 Å². The SMILES string of the molecule is COc1cccc(NC(=O)[C@@H](c2ccccc2)[NH+]2CCCCCC2)c1. The van der Waals surface area contributed by atoms with E-state index in [0.717, 1.165) is 30.1 Å². The number of quaternary nitrogens is 1. The Balaban J connectivity index is 1.83. The van der Waals surface area contributed by atoms with Gasteiger partial charge in [-0.25, -0.2) is 0 Å². The Kier molecular flexibility index (Phi) is 6.07. The van der Waals surface area contributed by atoms with E-state index in [0.29, 0.717) is 0 Å². The zero-order valence-electron chi connectivity index (χ0n) is 14.8. The van der Waals surface area contributed by atoms with E-state index >= 15 is 0 Å². The Labute approximate surface area is 149 Å². The molecule has 0 aromatic heterocycles. The van der Waals surface area contributed by atoms with Gasteiger partial charge < -0.3 is 15.0 Å². The summed E-state index contributed by atoms with van der Waals surface area (Å²) in [7, 11) is 1.63. The number of rotatable bonds is 5. The van der Waals surface area contributed by atoms with Crippen molar-refractivity contribution in [2.75, 3.05) is 25.5 Å². The lowest BCUT2D eigenvalue weighted by atomic mass is 10.0. The number of benzene rings is 2.